The Morgan fingerprint density at radius 1 is 1.05 bits per heavy atom. The summed E-state index contributed by atoms with van der Waals surface area (Å²) in [6, 6.07) is 0.777. The van der Waals surface area contributed by atoms with Gasteiger partial charge in [0.25, 0.3) is 0 Å². The normalized spacial score (nSPS) is 33.5. The molecule has 2 saturated carbocycles. The highest BCUT2D eigenvalue weighted by Gasteiger charge is 2.41. The highest BCUT2D eigenvalue weighted by molar-refractivity contribution is 7.11. The van der Waals surface area contributed by atoms with Gasteiger partial charge in [0.05, 0.1) is 11.2 Å². The highest BCUT2D eigenvalue weighted by atomic mass is 32.1. The maximum atomic E-state index is 5.15. The molecule has 2 nitrogen and oxygen atoms in total. The van der Waals surface area contributed by atoms with Crippen molar-refractivity contribution >= 4 is 11.3 Å². The zero-order chi connectivity index (χ0) is 14.3. The number of hydrogen-bond donors (Lipinski definition) is 1. The Bertz CT molecular complexity index is 482. The van der Waals surface area contributed by atoms with Gasteiger partial charge in [-0.05, 0) is 63.7 Å². The van der Waals surface area contributed by atoms with E-state index in [1.165, 1.54) is 81.3 Å². The molecular weight excluding hydrogens is 276 g/mol. The summed E-state index contributed by atoms with van der Waals surface area (Å²) in [4.78, 5) is 6.75. The molecule has 2 unspecified atom stereocenters. The van der Waals surface area contributed by atoms with E-state index in [-0.39, 0.29) is 5.54 Å². The number of fused-ring (bicyclic) bond motifs is 1. The maximum Gasteiger partial charge on any atom is 0.113 e. The van der Waals surface area contributed by atoms with Gasteiger partial charge in [-0.2, -0.15) is 0 Å². The Kier molecular flexibility index (Phi) is 3.83. The Hall–Kier alpha value is -0.410. The minimum Gasteiger partial charge on any atom is -0.303 e. The van der Waals surface area contributed by atoms with Gasteiger partial charge in [-0.3, -0.25) is 0 Å². The molecule has 2 atom stereocenters. The zero-order valence-electron chi connectivity index (χ0n) is 13.3. The van der Waals surface area contributed by atoms with E-state index in [4.69, 9.17) is 4.98 Å². The van der Waals surface area contributed by atoms with Crippen molar-refractivity contribution in [3.63, 3.8) is 0 Å². The predicted octanol–water partition coefficient (Wildman–Crippen LogP) is 4.57. The van der Waals surface area contributed by atoms with E-state index in [0.29, 0.717) is 0 Å². The third-order valence-corrected chi connectivity index (χ3v) is 7.04. The lowest BCUT2D eigenvalue weighted by Crippen LogP contribution is -2.43. The van der Waals surface area contributed by atoms with Crippen LogP contribution in [0.5, 0.6) is 0 Å². The first-order valence-corrected chi connectivity index (χ1v) is 9.84. The van der Waals surface area contributed by atoms with E-state index < -0.39 is 0 Å². The summed E-state index contributed by atoms with van der Waals surface area (Å²) in [7, 11) is 0. The molecule has 2 fully saturated rings. The molecule has 4 rings (SSSR count). The minimum atomic E-state index is 0.216. The number of thiazole rings is 1. The van der Waals surface area contributed by atoms with Gasteiger partial charge in [-0.15, -0.1) is 11.3 Å². The largest absolute Gasteiger partial charge is 0.303 e. The molecule has 3 aliphatic carbocycles. The predicted molar refractivity (Wildman–Crippen MR) is 88.8 cm³/mol. The summed E-state index contributed by atoms with van der Waals surface area (Å²) in [5, 5.41) is 5.48. The second kappa shape index (κ2) is 5.66. The van der Waals surface area contributed by atoms with Gasteiger partial charge in [0, 0.05) is 10.9 Å². The number of nitrogens with one attached hydrogen (secondary N) is 1. The van der Waals surface area contributed by atoms with Crippen LogP contribution in [-0.2, 0) is 18.4 Å². The Balaban J connectivity index is 1.65. The van der Waals surface area contributed by atoms with E-state index >= 15 is 0 Å². The summed E-state index contributed by atoms with van der Waals surface area (Å²) in [6.07, 6.45) is 14.7. The van der Waals surface area contributed by atoms with Crippen molar-refractivity contribution in [1.29, 1.82) is 0 Å². The molecule has 1 aromatic rings. The van der Waals surface area contributed by atoms with E-state index in [1.54, 1.807) is 4.88 Å². The molecule has 0 amide bonds. The molecule has 3 heteroatoms. The lowest BCUT2D eigenvalue weighted by Gasteiger charge is -2.32. The third-order valence-electron chi connectivity index (χ3n) is 5.68. The molecule has 1 aromatic heterocycles. The summed E-state index contributed by atoms with van der Waals surface area (Å²) >= 11 is 2.05. The maximum absolute atomic E-state index is 5.15. The lowest BCUT2D eigenvalue weighted by atomic mass is 9.90. The standard InChI is InChI=1S/C18H28N2S/c1-13-5-4-11-18(12-10-13,20-14-8-9-14)17-19-15-6-2-3-7-16(15)21-17/h13-14,20H,2-12H2,1H3. The molecule has 21 heavy (non-hydrogen) atoms. The van der Waals surface area contributed by atoms with Gasteiger partial charge in [0.2, 0.25) is 0 Å². The van der Waals surface area contributed by atoms with E-state index in [9.17, 15) is 0 Å². The Morgan fingerprint density at radius 3 is 2.71 bits per heavy atom. The third kappa shape index (κ3) is 2.92. The topological polar surface area (TPSA) is 24.9 Å². The monoisotopic (exact) mass is 304 g/mol. The Morgan fingerprint density at radius 2 is 1.90 bits per heavy atom. The average Bonchev–Trinajstić information content (AvgIpc) is 3.22. The van der Waals surface area contributed by atoms with Crippen LogP contribution in [0.25, 0.3) is 0 Å². The zero-order valence-corrected chi connectivity index (χ0v) is 14.1. The summed E-state index contributed by atoms with van der Waals surface area (Å²) in [6.45, 7) is 2.43. The molecule has 1 N–H and O–H groups in total. The summed E-state index contributed by atoms with van der Waals surface area (Å²) in [5.74, 6) is 0.891. The highest BCUT2D eigenvalue weighted by Crippen LogP contribution is 2.43. The first-order valence-electron chi connectivity index (χ1n) is 9.02. The lowest BCUT2D eigenvalue weighted by molar-refractivity contribution is 0.282. The van der Waals surface area contributed by atoms with Crippen molar-refractivity contribution in [1.82, 2.24) is 10.3 Å². The second-order valence-electron chi connectivity index (χ2n) is 7.63. The number of rotatable bonds is 3. The second-order valence-corrected chi connectivity index (χ2v) is 8.72. The van der Waals surface area contributed by atoms with Crippen LogP contribution in [0.4, 0.5) is 0 Å². The molecular formula is C18H28N2S. The van der Waals surface area contributed by atoms with Crippen LogP contribution in [0, 0.1) is 5.92 Å². The van der Waals surface area contributed by atoms with Crippen LogP contribution >= 0.6 is 11.3 Å². The number of aryl methyl sites for hydroxylation is 2. The van der Waals surface area contributed by atoms with Crippen LogP contribution < -0.4 is 5.32 Å². The van der Waals surface area contributed by atoms with Crippen molar-refractivity contribution < 1.29 is 0 Å². The minimum absolute atomic E-state index is 0.216. The fraction of sp³-hybridized carbons (Fsp3) is 0.833. The van der Waals surface area contributed by atoms with Crippen LogP contribution in [0.3, 0.4) is 0 Å². The van der Waals surface area contributed by atoms with E-state index in [1.807, 2.05) is 11.3 Å². The van der Waals surface area contributed by atoms with Crippen LogP contribution in [0.1, 0.15) is 80.3 Å². The van der Waals surface area contributed by atoms with Crippen molar-refractivity contribution in [3.05, 3.63) is 15.6 Å². The van der Waals surface area contributed by atoms with E-state index in [2.05, 4.69) is 12.2 Å². The van der Waals surface area contributed by atoms with Gasteiger partial charge in [-0.1, -0.05) is 19.8 Å². The summed E-state index contributed by atoms with van der Waals surface area (Å²) < 4.78 is 0. The fourth-order valence-electron chi connectivity index (χ4n) is 4.11. The number of aromatic nitrogens is 1. The van der Waals surface area contributed by atoms with Crippen LogP contribution in [0.15, 0.2) is 0 Å². The molecule has 0 aromatic carbocycles. The summed E-state index contributed by atoms with van der Waals surface area (Å²) in [5.41, 5.74) is 1.66. The van der Waals surface area contributed by atoms with Crippen molar-refractivity contribution in [2.24, 2.45) is 5.92 Å². The van der Waals surface area contributed by atoms with E-state index in [0.717, 1.165) is 12.0 Å². The molecule has 0 bridgehead atoms. The van der Waals surface area contributed by atoms with Gasteiger partial charge in [0.1, 0.15) is 5.01 Å². The van der Waals surface area contributed by atoms with Gasteiger partial charge in [0.15, 0.2) is 0 Å². The van der Waals surface area contributed by atoms with Crippen molar-refractivity contribution in [3.8, 4) is 0 Å². The number of hydrogen-bond acceptors (Lipinski definition) is 3. The average molecular weight is 305 g/mol. The molecule has 0 saturated heterocycles. The molecule has 116 valence electrons. The Labute approximate surface area is 132 Å². The molecule has 1 heterocycles. The molecule has 3 aliphatic rings. The molecule has 0 radical (unpaired) electrons. The fourth-order valence-corrected chi connectivity index (χ4v) is 5.47. The van der Waals surface area contributed by atoms with Crippen LogP contribution in [0.2, 0.25) is 0 Å². The van der Waals surface area contributed by atoms with Gasteiger partial charge in [-0.25, -0.2) is 4.98 Å². The molecule has 0 spiro atoms. The van der Waals surface area contributed by atoms with Crippen molar-refractivity contribution in [2.75, 3.05) is 0 Å². The molecule has 0 aliphatic heterocycles. The first kappa shape index (κ1) is 14.2. The number of nitrogens with zero attached hydrogens (tertiary/aromatic N) is 1. The van der Waals surface area contributed by atoms with Crippen molar-refractivity contribution in [2.45, 2.75) is 89.1 Å². The van der Waals surface area contributed by atoms with Gasteiger partial charge < -0.3 is 5.32 Å². The van der Waals surface area contributed by atoms with Crippen LogP contribution in [-0.4, -0.2) is 11.0 Å². The smallest absolute Gasteiger partial charge is 0.113 e. The SMILES string of the molecule is CC1CCCC(NC2CC2)(c2nc3c(s2)CCCC3)CC1. The first-order chi connectivity index (χ1) is 10.3. The van der Waals surface area contributed by atoms with Gasteiger partial charge >= 0.3 is 0 Å². The quantitative estimate of drug-likeness (QED) is 0.827.